The number of rotatable bonds is 0. The van der Waals surface area contributed by atoms with E-state index < -0.39 is 0 Å². The maximum atomic E-state index is 2.32. The minimum atomic E-state index is 1.27. The first-order valence-corrected chi connectivity index (χ1v) is 3.73. The zero-order valence-corrected chi connectivity index (χ0v) is 6.06. The average Bonchev–Trinajstić information content (AvgIpc) is 1.79. The van der Waals surface area contributed by atoms with Crippen molar-refractivity contribution in [3.63, 3.8) is 0 Å². The van der Waals surface area contributed by atoms with Crippen LogP contribution in [0, 0.1) is 0 Å². The van der Waals surface area contributed by atoms with Crippen LogP contribution in [-0.4, -0.2) is 0 Å². The third kappa shape index (κ3) is 2.50. The van der Waals surface area contributed by atoms with Crippen LogP contribution in [0.2, 0.25) is 0 Å². The van der Waals surface area contributed by atoms with E-state index >= 15 is 0 Å². The first-order chi connectivity index (χ1) is 4.39. The van der Waals surface area contributed by atoms with Crippen molar-refractivity contribution in [2.75, 3.05) is 0 Å². The van der Waals surface area contributed by atoms with Gasteiger partial charge in [0, 0.05) is 0 Å². The van der Waals surface area contributed by atoms with Crippen molar-refractivity contribution in [1.82, 2.24) is 0 Å². The Morgan fingerprint density at radius 3 is 2.89 bits per heavy atom. The highest BCUT2D eigenvalue weighted by Gasteiger charge is 1.89. The van der Waals surface area contributed by atoms with E-state index in [-0.39, 0.29) is 0 Å². The second-order valence-electron chi connectivity index (χ2n) is 2.63. The van der Waals surface area contributed by atoms with Gasteiger partial charge >= 0.3 is 0 Å². The molecule has 0 atom stereocenters. The predicted octanol–water partition coefficient (Wildman–Crippen LogP) is 3.06. The molecule has 1 rings (SSSR count). The summed E-state index contributed by atoms with van der Waals surface area (Å²) in [5, 5.41) is 0. The van der Waals surface area contributed by atoms with Crippen LogP contribution < -0.4 is 0 Å². The summed E-state index contributed by atoms with van der Waals surface area (Å²) in [5.74, 6) is 0. The molecule has 9 heavy (non-hydrogen) atoms. The third-order valence-corrected chi connectivity index (χ3v) is 1.67. The summed E-state index contributed by atoms with van der Waals surface area (Å²) in [5.41, 5.74) is 1.43. The van der Waals surface area contributed by atoms with Crippen LogP contribution in [0.1, 0.15) is 32.6 Å². The lowest BCUT2D eigenvalue weighted by Gasteiger charge is -1.99. The summed E-state index contributed by atoms with van der Waals surface area (Å²) in [6.07, 6.45) is 12.1. The van der Waals surface area contributed by atoms with E-state index in [1.54, 1.807) is 0 Å². The molecular formula is C9H14. The van der Waals surface area contributed by atoms with Crippen LogP contribution in [0.3, 0.4) is 0 Å². The zero-order chi connectivity index (χ0) is 6.53. The van der Waals surface area contributed by atoms with Crippen molar-refractivity contribution in [3.05, 3.63) is 23.8 Å². The minimum absolute atomic E-state index is 1.27. The predicted molar refractivity (Wildman–Crippen MR) is 41.4 cm³/mol. The molecule has 0 N–H and O–H groups in total. The van der Waals surface area contributed by atoms with E-state index in [9.17, 15) is 0 Å². The lowest BCUT2D eigenvalue weighted by molar-refractivity contribution is 0.755. The third-order valence-electron chi connectivity index (χ3n) is 1.67. The monoisotopic (exact) mass is 122 g/mol. The molecule has 0 heterocycles. The molecule has 0 aliphatic heterocycles. The standard InChI is InChI=1S/C9H14/c1-9-7-5-3-2-4-6-8-9/h5,7-8H,2-4,6H2,1H3. The van der Waals surface area contributed by atoms with Crippen molar-refractivity contribution in [1.29, 1.82) is 0 Å². The second kappa shape index (κ2) is 3.49. The maximum absolute atomic E-state index is 2.32. The van der Waals surface area contributed by atoms with Gasteiger partial charge in [0.1, 0.15) is 0 Å². The van der Waals surface area contributed by atoms with Gasteiger partial charge in [-0.25, -0.2) is 0 Å². The fourth-order valence-electron chi connectivity index (χ4n) is 1.07. The number of hydrogen-bond donors (Lipinski definition) is 0. The van der Waals surface area contributed by atoms with Crippen molar-refractivity contribution in [2.45, 2.75) is 32.6 Å². The van der Waals surface area contributed by atoms with Crippen molar-refractivity contribution in [2.24, 2.45) is 0 Å². The Kier molecular flexibility index (Phi) is 2.56. The summed E-state index contributed by atoms with van der Waals surface area (Å²) in [4.78, 5) is 0. The maximum Gasteiger partial charge on any atom is -0.0345 e. The topological polar surface area (TPSA) is 0 Å². The summed E-state index contributed by atoms with van der Waals surface area (Å²) >= 11 is 0. The van der Waals surface area contributed by atoms with Gasteiger partial charge in [-0.15, -0.1) is 0 Å². The van der Waals surface area contributed by atoms with Crippen LogP contribution in [0.5, 0.6) is 0 Å². The first-order valence-electron chi connectivity index (χ1n) is 3.73. The van der Waals surface area contributed by atoms with Crippen LogP contribution >= 0.6 is 0 Å². The Balaban J connectivity index is 2.49. The largest absolute Gasteiger partial charge is 0.0843 e. The average molecular weight is 122 g/mol. The Morgan fingerprint density at radius 2 is 2.00 bits per heavy atom. The van der Waals surface area contributed by atoms with E-state index in [1.165, 1.54) is 31.3 Å². The van der Waals surface area contributed by atoms with Crippen LogP contribution in [0.4, 0.5) is 0 Å². The quantitative estimate of drug-likeness (QED) is 0.463. The molecule has 1 aliphatic rings. The van der Waals surface area contributed by atoms with Gasteiger partial charge in [0.25, 0.3) is 0 Å². The molecule has 50 valence electrons. The summed E-state index contributed by atoms with van der Waals surface area (Å²) in [7, 11) is 0. The molecule has 0 unspecified atom stereocenters. The summed E-state index contributed by atoms with van der Waals surface area (Å²) < 4.78 is 0. The molecule has 0 saturated carbocycles. The van der Waals surface area contributed by atoms with Crippen LogP contribution in [0.15, 0.2) is 23.8 Å². The highest BCUT2D eigenvalue weighted by Crippen LogP contribution is 2.09. The van der Waals surface area contributed by atoms with E-state index in [1.807, 2.05) is 0 Å². The van der Waals surface area contributed by atoms with Crippen molar-refractivity contribution in [3.8, 4) is 0 Å². The molecule has 0 amide bonds. The highest BCUT2D eigenvalue weighted by molar-refractivity contribution is 5.16. The summed E-state index contributed by atoms with van der Waals surface area (Å²) in [6, 6.07) is 0. The van der Waals surface area contributed by atoms with Gasteiger partial charge in [0.05, 0.1) is 0 Å². The van der Waals surface area contributed by atoms with Gasteiger partial charge in [0.2, 0.25) is 0 Å². The lowest BCUT2D eigenvalue weighted by Crippen LogP contribution is -1.78. The van der Waals surface area contributed by atoms with Gasteiger partial charge in [0.15, 0.2) is 0 Å². The Labute approximate surface area is 57.3 Å². The molecular weight excluding hydrogens is 108 g/mol. The second-order valence-corrected chi connectivity index (χ2v) is 2.63. The van der Waals surface area contributed by atoms with Crippen molar-refractivity contribution >= 4 is 0 Å². The number of hydrogen-bond acceptors (Lipinski definition) is 0. The Hall–Kier alpha value is -0.520. The fourth-order valence-corrected chi connectivity index (χ4v) is 1.07. The van der Waals surface area contributed by atoms with Gasteiger partial charge in [-0.3, -0.25) is 0 Å². The van der Waals surface area contributed by atoms with Crippen molar-refractivity contribution < 1.29 is 0 Å². The Bertz CT molecular complexity index is 129. The van der Waals surface area contributed by atoms with Crippen LogP contribution in [-0.2, 0) is 0 Å². The SMILES string of the molecule is CC1=CCCCCC=C1. The molecule has 0 heteroatoms. The van der Waals surface area contributed by atoms with Gasteiger partial charge < -0.3 is 0 Å². The molecule has 0 spiro atoms. The molecule has 0 aromatic heterocycles. The Morgan fingerprint density at radius 1 is 1.22 bits per heavy atom. The highest BCUT2D eigenvalue weighted by atomic mass is 14.0. The lowest BCUT2D eigenvalue weighted by atomic mass is 10.1. The normalized spacial score (nSPS) is 20.3. The molecule has 0 saturated heterocycles. The van der Waals surface area contributed by atoms with E-state index in [0.717, 1.165) is 0 Å². The van der Waals surface area contributed by atoms with Crippen LogP contribution in [0.25, 0.3) is 0 Å². The van der Waals surface area contributed by atoms with Gasteiger partial charge in [-0.2, -0.15) is 0 Å². The smallest absolute Gasteiger partial charge is 0.0345 e. The molecule has 0 aromatic rings. The van der Waals surface area contributed by atoms with E-state index in [2.05, 4.69) is 25.2 Å². The molecule has 1 aliphatic carbocycles. The molecule has 0 radical (unpaired) electrons. The van der Waals surface area contributed by atoms with Gasteiger partial charge in [-0.05, 0) is 32.6 Å². The first kappa shape index (κ1) is 6.60. The minimum Gasteiger partial charge on any atom is -0.0843 e. The summed E-state index contributed by atoms with van der Waals surface area (Å²) in [6.45, 7) is 2.17. The molecule has 0 aromatic carbocycles. The number of allylic oxidation sites excluding steroid dienone is 4. The van der Waals surface area contributed by atoms with E-state index in [0.29, 0.717) is 0 Å². The molecule has 0 fully saturated rings. The molecule has 0 bridgehead atoms. The zero-order valence-electron chi connectivity index (χ0n) is 6.06. The van der Waals surface area contributed by atoms with Gasteiger partial charge in [-0.1, -0.05) is 23.8 Å². The van der Waals surface area contributed by atoms with E-state index in [4.69, 9.17) is 0 Å². The molecule has 0 nitrogen and oxygen atoms in total. The fraction of sp³-hybridized carbons (Fsp3) is 0.556.